The number of aromatic carboxylic acids is 1. The molecule has 0 saturated carbocycles. The normalized spacial score (nSPS) is 10.8. The maximum absolute atomic E-state index is 10.8. The van der Waals surface area contributed by atoms with Crippen molar-refractivity contribution >= 4 is 11.5 Å². The Labute approximate surface area is 109 Å². The van der Waals surface area contributed by atoms with Gasteiger partial charge in [-0.2, -0.15) is 0 Å². The standard InChI is InChI=1S/C14H11N3O2/c1-9-6-10-4-2-3-5-17(10)13(9)11-7-16-12(8-15-11)14(18)19/h2-8H,1H3,(H,18,19). The molecule has 0 atom stereocenters. The van der Waals surface area contributed by atoms with Crippen molar-refractivity contribution in [3.63, 3.8) is 0 Å². The first-order chi connectivity index (χ1) is 9.16. The second kappa shape index (κ2) is 4.20. The minimum Gasteiger partial charge on any atom is -0.476 e. The first kappa shape index (κ1) is 11.4. The monoisotopic (exact) mass is 253 g/mol. The highest BCUT2D eigenvalue weighted by Crippen LogP contribution is 2.24. The van der Waals surface area contributed by atoms with Crippen LogP contribution >= 0.6 is 0 Å². The summed E-state index contributed by atoms with van der Waals surface area (Å²) in [7, 11) is 0. The Kier molecular flexibility index (Phi) is 2.52. The molecule has 94 valence electrons. The molecule has 5 heteroatoms. The van der Waals surface area contributed by atoms with Crippen LogP contribution in [0, 0.1) is 6.92 Å². The maximum Gasteiger partial charge on any atom is 0.356 e. The van der Waals surface area contributed by atoms with Crippen molar-refractivity contribution in [2.45, 2.75) is 6.92 Å². The molecule has 3 rings (SSSR count). The zero-order chi connectivity index (χ0) is 13.4. The van der Waals surface area contributed by atoms with Gasteiger partial charge in [0.2, 0.25) is 0 Å². The van der Waals surface area contributed by atoms with Gasteiger partial charge in [-0.05, 0) is 30.7 Å². The Morgan fingerprint density at radius 3 is 2.79 bits per heavy atom. The lowest BCUT2D eigenvalue weighted by Gasteiger charge is -2.03. The predicted molar refractivity (Wildman–Crippen MR) is 70.1 cm³/mol. The van der Waals surface area contributed by atoms with E-state index in [1.807, 2.05) is 35.7 Å². The Balaban J connectivity index is 2.18. The van der Waals surface area contributed by atoms with E-state index in [1.54, 1.807) is 0 Å². The summed E-state index contributed by atoms with van der Waals surface area (Å²) in [4.78, 5) is 18.9. The van der Waals surface area contributed by atoms with Crippen molar-refractivity contribution in [3.05, 3.63) is 54.1 Å². The van der Waals surface area contributed by atoms with Gasteiger partial charge in [0.15, 0.2) is 5.69 Å². The lowest BCUT2D eigenvalue weighted by atomic mass is 10.2. The van der Waals surface area contributed by atoms with E-state index in [9.17, 15) is 4.79 Å². The number of rotatable bonds is 2. The number of hydrogen-bond donors (Lipinski definition) is 1. The summed E-state index contributed by atoms with van der Waals surface area (Å²) in [6, 6.07) is 7.98. The van der Waals surface area contributed by atoms with Crippen molar-refractivity contribution in [1.82, 2.24) is 14.4 Å². The number of carboxylic acids is 1. The van der Waals surface area contributed by atoms with Gasteiger partial charge < -0.3 is 9.51 Å². The molecule has 0 fully saturated rings. The molecule has 0 bridgehead atoms. The van der Waals surface area contributed by atoms with Crippen LogP contribution in [0.5, 0.6) is 0 Å². The number of hydrogen-bond acceptors (Lipinski definition) is 3. The third-order valence-electron chi connectivity index (χ3n) is 2.98. The van der Waals surface area contributed by atoms with Gasteiger partial charge in [0.05, 0.1) is 18.1 Å². The number of pyridine rings is 1. The molecule has 0 saturated heterocycles. The Morgan fingerprint density at radius 2 is 2.11 bits per heavy atom. The second-order valence-electron chi connectivity index (χ2n) is 4.26. The average molecular weight is 253 g/mol. The quantitative estimate of drug-likeness (QED) is 0.761. The first-order valence-corrected chi connectivity index (χ1v) is 5.79. The number of fused-ring (bicyclic) bond motifs is 1. The highest BCUT2D eigenvalue weighted by Gasteiger charge is 2.12. The van der Waals surface area contributed by atoms with Crippen molar-refractivity contribution in [2.24, 2.45) is 0 Å². The fourth-order valence-electron chi connectivity index (χ4n) is 2.14. The van der Waals surface area contributed by atoms with Gasteiger partial charge in [-0.3, -0.25) is 4.98 Å². The minimum atomic E-state index is -1.07. The Morgan fingerprint density at radius 1 is 1.26 bits per heavy atom. The summed E-state index contributed by atoms with van der Waals surface area (Å²) in [6.45, 7) is 2.00. The largest absolute Gasteiger partial charge is 0.476 e. The summed E-state index contributed by atoms with van der Waals surface area (Å²) in [5.41, 5.74) is 3.68. The topological polar surface area (TPSA) is 67.5 Å². The van der Waals surface area contributed by atoms with E-state index in [1.165, 1.54) is 12.4 Å². The van der Waals surface area contributed by atoms with E-state index < -0.39 is 5.97 Å². The Hall–Kier alpha value is -2.69. The van der Waals surface area contributed by atoms with Gasteiger partial charge in [0.25, 0.3) is 0 Å². The van der Waals surface area contributed by atoms with Gasteiger partial charge in [0, 0.05) is 11.7 Å². The number of aromatic nitrogens is 3. The fourth-order valence-corrected chi connectivity index (χ4v) is 2.14. The SMILES string of the molecule is Cc1cc2ccccn2c1-c1cnc(C(=O)O)cn1. The van der Waals surface area contributed by atoms with Crippen LogP contribution in [0.1, 0.15) is 16.1 Å². The molecule has 19 heavy (non-hydrogen) atoms. The second-order valence-corrected chi connectivity index (χ2v) is 4.26. The van der Waals surface area contributed by atoms with E-state index >= 15 is 0 Å². The van der Waals surface area contributed by atoms with E-state index in [2.05, 4.69) is 16.0 Å². The molecule has 0 amide bonds. The van der Waals surface area contributed by atoms with E-state index in [4.69, 9.17) is 5.11 Å². The van der Waals surface area contributed by atoms with Crippen molar-refractivity contribution in [2.75, 3.05) is 0 Å². The van der Waals surface area contributed by atoms with E-state index in [-0.39, 0.29) is 5.69 Å². The fraction of sp³-hybridized carbons (Fsp3) is 0.0714. The van der Waals surface area contributed by atoms with Crippen molar-refractivity contribution < 1.29 is 9.90 Å². The zero-order valence-corrected chi connectivity index (χ0v) is 10.2. The molecule has 0 aliphatic rings. The van der Waals surface area contributed by atoms with Crippen molar-refractivity contribution in [1.29, 1.82) is 0 Å². The van der Waals surface area contributed by atoms with Crippen LogP contribution in [-0.4, -0.2) is 25.4 Å². The highest BCUT2D eigenvalue weighted by atomic mass is 16.4. The molecule has 1 N–H and O–H groups in total. The minimum absolute atomic E-state index is 0.0535. The van der Waals surface area contributed by atoms with E-state index in [0.717, 1.165) is 16.8 Å². The number of carboxylic acid groups (broad SMARTS) is 1. The molecule has 0 aliphatic carbocycles. The highest BCUT2D eigenvalue weighted by molar-refractivity contribution is 5.85. The van der Waals surface area contributed by atoms with Crippen LogP contribution in [0.15, 0.2) is 42.9 Å². The van der Waals surface area contributed by atoms with Crippen LogP contribution in [0.25, 0.3) is 16.9 Å². The van der Waals surface area contributed by atoms with Gasteiger partial charge >= 0.3 is 5.97 Å². The van der Waals surface area contributed by atoms with Gasteiger partial charge in [-0.25, -0.2) is 9.78 Å². The lowest BCUT2D eigenvalue weighted by Crippen LogP contribution is -2.02. The smallest absolute Gasteiger partial charge is 0.356 e. The molecule has 0 aromatic carbocycles. The molecule has 5 nitrogen and oxygen atoms in total. The van der Waals surface area contributed by atoms with Gasteiger partial charge in [0.1, 0.15) is 5.69 Å². The molecule has 3 heterocycles. The predicted octanol–water partition coefficient (Wildman–Crippen LogP) is 2.40. The lowest BCUT2D eigenvalue weighted by molar-refractivity contribution is 0.0690. The van der Waals surface area contributed by atoms with Crippen LogP contribution < -0.4 is 0 Å². The molecule has 0 radical (unpaired) electrons. The molecular weight excluding hydrogens is 242 g/mol. The molecular formula is C14H11N3O2. The average Bonchev–Trinajstić information content (AvgIpc) is 2.74. The van der Waals surface area contributed by atoms with Crippen LogP contribution in [0.4, 0.5) is 0 Å². The molecule has 3 aromatic heterocycles. The van der Waals surface area contributed by atoms with Crippen LogP contribution in [-0.2, 0) is 0 Å². The van der Waals surface area contributed by atoms with Crippen molar-refractivity contribution in [3.8, 4) is 11.4 Å². The molecule has 0 aliphatic heterocycles. The van der Waals surface area contributed by atoms with Gasteiger partial charge in [-0.1, -0.05) is 6.07 Å². The summed E-state index contributed by atoms with van der Waals surface area (Å²) in [6.07, 6.45) is 4.72. The third kappa shape index (κ3) is 1.85. The summed E-state index contributed by atoms with van der Waals surface area (Å²) >= 11 is 0. The summed E-state index contributed by atoms with van der Waals surface area (Å²) < 4.78 is 2.01. The first-order valence-electron chi connectivity index (χ1n) is 5.79. The summed E-state index contributed by atoms with van der Waals surface area (Å²) in [5, 5.41) is 8.82. The van der Waals surface area contributed by atoms with Gasteiger partial charge in [-0.15, -0.1) is 0 Å². The van der Waals surface area contributed by atoms with E-state index in [0.29, 0.717) is 5.69 Å². The molecule has 3 aromatic rings. The number of carbonyl (C=O) groups is 1. The Bertz CT molecular complexity index is 760. The third-order valence-corrected chi connectivity index (χ3v) is 2.98. The molecule has 0 spiro atoms. The van der Waals surface area contributed by atoms with Crippen LogP contribution in [0.2, 0.25) is 0 Å². The number of nitrogens with zero attached hydrogens (tertiary/aromatic N) is 3. The van der Waals surface area contributed by atoms with Crippen LogP contribution in [0.3, 0.4) is 0 Å². The number of aryl methyl sites for hydroxylation is 1. The maximum atomic E-state index is 10.8. The molecule has 0 unspecified atom stereocenters. The zero-order valence-electron chi connectivity index (χ0n) is 10.2. The summed E-state index contributed by atoms with van der Waals surface area (Å²) in [5.74, 6) is -1.07.